The molecule has 1 aromatic rings. The molecule has 0 atom stereocenters. The van der Waals surface area contributed by atoms with Crippen LogP contribution in [0.25, 0.3) is 0 Å². The monoisotopic (exact) mass is 257 g/mol. The number of allylic oxidation sites excluding steroid dienone is 1. The summed E-state index contributed by atoms with van der Waals surface area (Å²) in [5.74, 6) is 1.12. The van der Waals surface area contributed by atoms with Crippen molar-refractivity contribution in [3.63, 3.8) is 0 Å². The molecule has 3 heteroatoms. The molecule has 0 radical (unpaired) electrons. The van der Waals surface area contributed by atoms with Crippen LogP contribution in [0.5, 0.6) is 5.75 Å². The van der Waals surface area contributed by atoms with Gasteiger partial charge < -0.3 is 9.64 Å². The number of carbonyl (C=O) groups excluding carboxylic acids is 1. The van der Waals surface area contributed by atoms with Gasteiger partial charge in [0.1, 0.15) is 5.75 Å². The fraction of sp³-hybridized carbons (Fsp3) is 0.438. The number of nitrogens with zero attached hydrogens (tertiary/aromatic N) is 1. The highest BCUT2D eigenvalue weighted by molar-refractivity contribution is 5.84. The van der Waals surface area contributed by atoms with Crippen molar-refractivity contribution in [2.75, 3.05) is 7.11 Å². The number of carbonyl (C=O) groups is 1. The van der Waals surface area contributed by atoms with Gasteiger partial charge in [0.25, 0.3) is 0 Å². The normalized spacial score (nSPS) is 18.8. The minimum absolute atomic E-state index is 0.266. The predicted molar refractivity (Wildman–Crippen MR) is 73.7 cm³/mol. The van der Waals surface area contributed by atoms with Gasteiger partial charge in [0, 0.05) is 5.70 Å². The molecule has 1 aliphatic carbocycles. The highest BCUT2D eigenvalue weighted by Gasteiger charge is 2.30. The van der Waals surface area contributed by atoms with Crippen LogP contribution in [0.1, 0.15) is 37.7 Å². The summed E-state index contributed by atoms with van der Waals surface area (Å²) in [6.07, 6.45) is 5.27. The largest absolute Gasteiger partial charge is 0.497 e. The zero-order valence-electron chi connectivity index (χ0n) is 11.3. The first-order valence-electron chi connectivity index (χ1n) is 6.92. The summed E-state index contributed by atoms with van der Waals surface area (Å²) < 4.78 is 5.16. The molecule has 2 aliphatic rings. The lowest BCUT2D eigenvalue weighted by Crippen LogP contribution is -2.25. The molecule has 0 saturated carbocycles. The van der Waals surface area contributed by atoms with E-state index in [2.05, 4.69) is 0 Å². The van der Waals surface area contributed by atoms with Gasteiger partial charge in [-0.05, 0) is 49.0 Å². The van der Waals surface area contributed by atoms with Crippen LogP contribution in [0.3, 0.4) is 0 Å². The maximum absolute atomic E-state index is 12.1. The number of hydrogen-bond donors (Lipinski definition) is 0. The number of benzene rings is 1. The first-order valence-corrected chi connectivity index (χ1v) is 6.92. The third-order valence-electron chi connectivity index (χ3n) is 4.04. The topological polar surface area (TPSA) is 29.5 Å². The van der Waals surface area contributed by atoms with E-state index in [0.717, 1.165) is 24.2 Å². The molecular formula is C16H19NO2. The van der Waals surface area contributed by atoms with Gasteiger partial charge in [-0.3, -0.25) is 4.79 Å². The summed E-state index contributed by atoms with van der Waals surface area (Å²) >= 11 is 0. The van der Waals surface area contributed by atoms with Crippen molar-refractivity contribution in [3.8, 4) is 5.75 Å². The van der Waals surface area contributed by atoms with Crippen LogP contribution in [0.4, 0.5) is 0 Å². The van der Waals surface area contributed by atoms with Gasteiger partial charge in [-0.15, -0.1) is 0 Å². The zero-order chi connectivity index (χ0) is 13.2. The van der Waals surface area contributed by atoms with E-state index in [-0.39, 0.29) is 5.91 Å². The molecule has 0 unspecified atom stereocenters. The molecule has 1 heterocycles. The van der Waals surface area contributed by atoms with Crippen LogP contribution < -0.4 is 4.74 Å². The molecular weight excluding hydrogens is 238 g/mol. The molecule has 1 aromatic carbocycles. The fourth-order valence-corrected chi connectivity index (χ4v) is 2.99. The third kappa shape index (κ3) is 2.37. The molecule has 0 aromatic heterocycles. The lowest BCUT2D eigenvalue weighted by atomic mass is 9.96. The van der Waals surface area contributed by atoms with Gasteiger partial charge in [0.05, 0.1) is 20.1 Å². The molecule has 3 nitrogen and oxygen atoms in total. The molecule has 1 aliphatic heterocycles. The Morgan fingerprint density at radius 1 is 1.16 bits per heavy atom. The maximum atomic E-state index is 12.1. The standard InChI is InChI=1S/C16H19NO2/c1-19-14-8-6-12(7-9-14)11-17-15-5-3-2-4-13(15)10-16(17)18/h6-9H,2-5,10-11H2,1H3. The summed E-state index contributed by atoms with van der Waals surface area (Å²) in [6, 6.07) is 7.97. The molecule has 0 saturated heterocycles. The minimum Gasteiger partial charge on any atom is -0.497 e. The second kappa shape index (κ2) is 5.08. The van der Waals surface area contributed by atoms with Crippen LogP contribution in [0.2, 0.25) is 0 Å². The summed E-state index contributed by atoms with van der Waals surface area (Å²) in [6.45, 7) is 0.696. The van der Waals surface area contributed by atoms with Crippen molar-refractivity contribution < 1.29 is 9.53 Å². The Morgan fingerprint density at radius 2 is 1.89 bits per heavy atom. The third-order valence-corrected chi connectivity index (χ3v) is 4.04. The number of amides is 1. The molecule has 0 bridgehead atoms. The van der Waals surface area contributed by atoms with Gasteiger partial charge in [-0.1, -0.05) is 12.1 Å². The average Bonchev–Trinajstić information content (AvgIpc) is 2.76. The van der Waals surface area contributed by atoms with Crippen molar-refractivity contribution >= 4 is 5.91 Å². The van der Waals surface area contributed by atoms with Crippen molar-refractivity contribution in [2.45, 2.75) is 38.6 Å². The van der Waals surface area contributed by atoms with Crippen molar-refractivity contribution in [3.05, 3.63) is 41.1 Å². The van der Waals surface area contributed by atoms with Crippen LogP contribution in [0, 0.1) is 0 Å². The van der Waals surface area contributed by atoms with E-state index >= 15 is 0 Å². The molecule has 100 valence electrons. The first-order chi connectivity index (χ1) is 9.28. The number of ether oxygens (including phenoxy) is 1. The Hall–Kier alpha value is -1.77. The average molecular weight is 257 g/mol. The van der Waals surface area contributed by atoms with Crippen molar-refractivity contribution in [1.29, 1.82) is 0 Å². The lowest BCUT2D eigenvalue weighted by molar-refractivity contribution is -0.127. The summed E-state index contributed by atoms with van der Waals surface area (Å²) in [4.78, 5) is 14.1. The predicted octanol–water partition coefficient (Wildman–Crippen LogP) is 3.26. The number of rotatable bonds is 3. The highest BCUT2D eigenvalue weighted by atomic mass is 16.5. The molecule has 0 N–H and O–H groups in total. The minimum atomic E-state index is 0.266. The van der Waals surface area contributed by atoms with E-state index in [1.165, 1.54) is 24.1 Å². The number of hydrogen-bond acceptors (Lipinski definition) is 2. The Labute approximate surface area is 113 Å². The Balaban J connectivity index is 1.78. The van der Waals surface area contributed by atoms with Gasteiger partial charge in [0.15, 0.2) is 0 Å². The van der Waals surface area contributed by atoms with E-state index in [1.807, 2.05) is 29.2 Å². The van der Waals surface area contributed by atoms with Crippen molar-refractivity contribution in [2.24, 2.45) is 0 Å². The maximum Gasteiger partial charge on any atom is 0.231 e. The lowest BCUT2D eigenvalue weighted by Gasteiger charge is -2.23. The molecule has 3 rings (SSSR count). The van der Waals surface area contributed by atoms with Crippen LogP contribution in [-0.4, -0.2) is 17.9 Å². The van der Waals surface area contributed by atoms with Crippen LogP contribution in [0.15, 0.2) is 35.5 Å². The summed E-state index contributed by atoms with van der Waals surface area (Å²) in [5.41, 5.74) is 3.84. The van der Waals surface area contributed by atoms with E-state index in [0.29, 0.717) is 13.0 Å². The smallest absolute Gasteiger partial charge is 0.231 e. The Bertz CT molecular complexity index is 516. The van der Waals surface area contributed by atoms with Crippen molar-refractivity contribution in [1.82, 2.24) is 4.90 Å². The molecule has 0 spiro atoms. The van der Waals surface area contributed by atoms with E-state index < -0.39 is 0 Å². The highest BCUT2D eigenvalue weighted by Crippen LogP contribution is 2.36. The van der Waals surface area contributed by atoms with Gasteiger partial charge in [0.2, 0.25) is 5.91 Å². The van der Waals surface area contributed by atoms with E-state index in [4.69, 9.17) is 4.74 Å². The molecule has 1 amide bonds. The summed E-state index contributed by atoms with van der Waals surface area (Å²) in [5, 5.41) is 0. The van der Waals surface area contributed by atoms with Crippen LogP contribution in [-0.2, 0) is 11.3 Å². The zero-order valence-corrected chi connectivity index (χ0v) is 11.3. The van der Waals surface area contributed by atoms with E-state index in [9.17, 15) is 4.79 Å². The fourth-order valence-electron chi connectivity index (χ4n) is 2.99. The second-order valence-electron chi connectivity index (χ2n) is 5.26. The van der Waals surface area contributed by atoms with Gasteiger partial charge >= 0.3 is 0 Å². The Kier molecular flexibility index (Phi) is 3.28. The van der Waals surface area contributed by atoms with Gasteiger partial charge in [-0.2, -0.15) is 0 Å². The Morgan fingerprint density at radius 3 is 2.63 bits per heavy atom. The first kappa shape index (κ1) is 12.3. The molecule has 0 fully saturated rings. The second-order valence-corrected chi connectivity index (χ2v) is 5.26. The van der Waals surface area contributed by atoms with Crippen LogP contribution >= 0.6 is 0 Å². The SMILES string of the molecule is COc1ccc(CN2C(=O)CC3=C2CCCC3)cc1. The summed E-state index contributed by atoms with van der Waals surface area (Å²) in [7, 11) is 1.66. The number of methoxy groups -OCH3 is 1. The quantitative estimate of drug-likeness (QED) is 0.831. The molecule has 19 heavy (non-hydrogen) atoms. The van der Waals surface area contributed by atoms with Gasteiger partial charge in [-0.25, -0.2) is 0 Å². The van der Waals surface area contributed by atoms with E-state index in [1.54, 1.807) is 7.11 Å².